The summed E-state index contributed by atoms with van der Waals surface area (Å²) < 4.78 is 27.1. The van der Waals surface area contributed by atoms with Gasteiger partial charge in [-0.2, -0.15) is 0 Å². The first-order valence-corrected chi connectivity index (χ1v) is 13.5. The summed E-state index contributed by atoms with van der Waals surface area (Å²) in [4.78, 5) is 42.6. The number of benzene rings is 3. The summed E-state index contributed by atoms with van der Waals surface area (Å²) in [5.74, 6) is -2.02. The molecule has 0 bridgehead atoms. The largest absolute Gasteiger partial charge is 0.353 e. The molecule has 3 aromatic rings. The number of likely N-dealkylation sites (tertiary alicyclic amines) is 1. The maximum Gasteiger partial charge on any atom is 0.242 e. The molecular weight excluding hydrogens is 514 g/mol. The molecule has 208 valence electrons. The fraction of sp³-hybridized carbons (Fsp3) is 0.323. The van der Waals surface area contributed by atoms with Crippen molar-refractivity contribution >= 4 is 17.7 Å². The maximum absolute atomic E-state index is 13.5. The average molecular weight is 547 g/mol. The Balaban J connectivity index is 1.20. The third-order valence-electron chi connectivity index (χ3n) is 7.77. The van der Waals surface area contributed by atoms with Crippen molar-refractivity contribution in [2.24, 2.45) is 5.73 Å². The van der Waals surface area contributed by atoms with Crippen molar-refractivity contribution in [3.8, 4) is 0 Å². The minimum absolute atomic E-state index is 0.177. The quantitative estimate of drug-likeness (QED) is 0.453. The number of halogens is 2. The van der Waals surface area contributed by atoms with Crippen molar-refractivity contribution in [2.45, 2.75) is 50.4 Å². The summed E-state index contributed by atoms with van der Waals surface area (Å²) in [6.45, 7) is 1.53. The zero-order valence-electron chi connectivity index (χ0n) is 22.1. The van der Waals surface area contributed by atoms with E-state index in [1.165, 1.54) is 29.2 Å². The van der Waals surface area contributed by atoms with Crippen molar-refractivity contribution < 1.29 is 23.2 Å². The maximum atomic E-state index is 13.5. The first-order valence-electron chi connectivity index (χ1n) is 13.5. The molecule has 3 amide bonds. The smallest absolute Gasteiger partial charge is 0.242 e. The molecule has 0 radical (unpaired) electrons. The van der Waals surface area contributed by atoms with E-state index in [1.807, 2.05) is 24.3 Å². The predicted octanol–water partition coefficient (Wildman–Crippen LogP) is 3.46. The highest BCUT2D eigenvalue weighted by molar-refractivity contribution is 5.92. The van der Waals surface area contributed by atoms with Crippen LogP contribution in [0.1, 0.15) is 47.4 Å². The Labute approximate surface area is 232 Å². The van der Waals surface area contributed by atoms with Crippen LogP contribution < -0.4 is 11.1 Å². The summed E-state index contributed by atoms with van der Waals surface area (Å²) >= 11 is 0. The van der Waals surface area contributed by atoms with Crippen LogP contribution in [-0.4, -0.2) is 52.7 Å². The van der Waals surface area contributed by atoms with E-state index in [9.17, 15) is 23.2 Å². The molecular formula is C31H32F2N4O3. The Hall–Kier alpha value is -4.11. The van der Waals surface area contributed by atoms with Crippen LogP contribution >= 0.6 is 0 Å². The Bertz CT molecular complexity index is 1310. The second-order valence-corrected chi connectivity index (χ2v) is 10.4. The molecule has 2 aliphatic rings. The van der Waals surface area contributed by atoms with Gasteiger partial charge in [-0.15, -0.1) is 0 Å². The summed E-state index contributed by atoms with van der Waals surface area (Å²) in [5.41, 5.74) is 9.86. The second-order valence-electron chi connectivity index (χ2n) is 10.4. The van der Waals surface area contributed by atoms with Gasteiger partial charge in [-0.1, -0.05) is 48.5 Å². The summed E-state index contributed by atoms with van der Waals surface area (Å²) in [7, 11) is 0. The van der Waals surface area contributed by atoms with Crippen LogP contribution in [0.4, 0.5) is 8.78 Å². The minimum Gasteiger partial charge on any atom is -0.353 e. The van der Waals surface area contributed by atoms with Crippen LogP contribution in [0, 0.1) is 11.6 Å². The minimum atomic E-state index is -0.993. The number of carbonyl (C=O) groups excluding carboxylic acids is 3. The molecule has 0 aliphatic carbocycles. The van der Waals surface area contributed by atoms with Crippen molar-refractivity contribution in [1.82, 2.24) is 15.1 Å². The molecule has 7 nitrogen and oxygen atoms in total. The number of nitrogens with zero attached hydrogens (tertiary/aromatic N) is 2. The van der Waals surface area contributed by atoms with Gasteiger partial charge in [0.1, 0.15) is 17.7 Å². The first-order chi connectivity index (χ1) is 19.3. The molecule has 3 aromatic carbocycles. The van der Waals surface area contributed by atoms with E-state index in [4.69, 9.17) is 5.73 Å². The van der Waals surface area contributed by atoms with Crippen molar-refractivity contribution in [2.75, 3.05) is 13.1 Å². The van der Waals surface area contributed by atoms with Crippen LogP contribution in [-0.2, 0) is 27.5 Å². The summed E-state index contributed by atoms with van der Waals surface area (Å²) in [6, 6.07) is 18.1. The normalized spacial score (nSPS) is 17.1. The number of nitrogens with two attached hydrogens (primary N) is 1. The van der Waals surface area contributed by atoms with E-state index < -0.39 is 12.1 Å². The van der Waals surface area contributed by atoms with E-state index in [2.05, 4.69) is 5.32 Å². The predicted molar refractivity (Wildman–Crippen MR) is 146 cm³/mol. The SMILES string of the molecule is N[C@@H](CC(=O)N1CCC[C@H]1C(=O)NCC(c1ccc(F)cc1)c1ccc(F)cc1)C(=O)N1Cc2ccccc2C1. The third kappa shape index (κ3) is 6.04. The lowest BCUT2D eigenvalue weighted by Gasteiger charge is -2.27. The van der Waals surface area contributed by atoms with E-state index in [1.54, 1.807) is 29.2 Å². The Kier molecular flexibility index (Phi) is 8.21. The standard InChI is InChI=1S/C31H32F2N4O3/c32-24-11-7-20(8-12-24)26(21-9-13-25(33)14-10-21)17-35-30(39)28-6-3-15-37(28)29(38)16-27(34)31(40)36-18-22-4-1-2-5-23(22)19-36/h1-2,4-5,7-14,26-28H,3,6,15-19,34H2,(H,35,39)/t27-,28-/m0/s1. The molecule has 1 fully saturated rings. The summed E-state index contributed by atoms with van der Waals surface area (Å²) in [6.07, 6.45) is 0.983. The van der Waals surface area contributed by atoms with Gasteiger partial charge in [0.05, 0.1) is 12.5 Å². The van der Waals surface area contributed by atoms with Gasteiger partial charge >= 0.3 is 0 Å². The van der Waals surface area contributed by atoms with E-state index in [0.29, 0.717) is 32.5 Å². The molecule has 5 rings (SSSR count). The van der Waals surface area contributed by atoms with Gasteiger partial charge in [0.25, 0.3) is 0 Å². The monoisotopic (exact) mass is 546 g/mol. The topological polar surface area (TPSA) is 95.7 Å². The van der Waals surface area contributed by atoms with E-state index in [-0.39, 0.29) is 48.2 Å². The molecule has 0 spiro atoms. The average Bonchev–Trinajstić information content (AvgIpc) is 3.62. The number of hydrogen-bond donors (Lipinski definition) is 2. The van der Waals surface area contributed by atoms with Gasteiger partial charge in [-0.05, 0) is 59.4 Å². The van der Waals surface area contributed by atoms with Crippen LogP contribution in [0.2, 0.25) is 0 Å². The van der Waals surface area contributed by atoms with Crippen LogP contribution in [0.5, 0.6) is 0 Å². The van der Waals surface area contributed by atoms with Gasteiger partial charge < -0.3 is 20.9 Å². The molecule has 9 heteroatoms. The van der Waals surface area contributed by atoms with Gasteiger partial charge in [0.2, 0.25) is 17.7 Å². The number of rotatable bonds is 8. The Morgan fingerprint density at radius 2 is 1.43 bits per heavy atom. The molecule has 2 atom stereocenters. The van der Waals surface area contributed by atoms with Crippen molar-refractivity contribution in [1.29, 1.82) is 0 Å². The fourth-order valence-corrected chi connectivity index (χ4v) is 5.59. The molecule has 2 heterocycles. The van der Waals surface area contributed by atoms with Crippen molar-refractivity contribution in [3.05, 3.63) is 107 Å². The van der Waals surface area contributed by atoms with Crippen LogP contribution in [0.3, 0.4) is 0 Å². The molecule has 0 saturated carbocycles. The zero-order chi connectivity index (χ0) is 28.2. The number of amides is 3. The Morgan fingerprint density at radius 1 is 0.875 bits per heavy atom. The molecule has 0 aromatic heterocycles. The number of fused-ring (bicyclic) bond motifs is 1. The fourth-order valence-electron chi connectivity index (χ4n) is 5.59. The molecule has 1 saturated heterocycles. The number of nitrogens with one attached hydrogen (secondary N) is 1. The molecule has 0 unspecified atom stereocenters. The van der Waals surface area contributed by atoms with Gasteiger partial charge in [0, 0.05) is 32.1 Å². The lowest BCUT2D eigenvalue weighted by Crippen LogP contribution is -2.49. The third-order valence-corrected chi connectivity index (χ3v) is 7.77. The highest BCUT2D eigenvalue weighted by atomic mass is 19.1. The molecule has 40 heavy (non-hydrogen) atoms. The zero-order valence-corrected chi connectivity index (χ0v) is 22.1. The van der Waals surface area contributed by atoms with E-state index in [0.717, 1.165) is 22.3 Å². The lowest BCUT2D eigenvalue weighted by molar-refractivity contribution is -0.141. The lowest BCUT2D eigenvalue weighted by atomic mass is 9.91. The van der Waals surface area contributed by atoms with Crippen LogP contribution in [0.25, 0.3) is 0 Å². The Morgan fingerprint density at radius 3 is 1.98 bits per heavy atom. The van der Waals surface area contributed by atoms with Crippen LogP contribution in [0.15, 0.2) is 72.8 Å². The number of carbonyl (C=O) groups is 3. The number of hydrogen-bond acceptors (Lipinski definition) is 4. The van der Waals surface area contributed by atoms with Gasteiger partial charge in [0.15, 0.2) is 0 Å². The van der Waals surface area contributed by atoms with E-state index >= 15 is 0 Å². The van der Waals surface area contributed by atoms with Crippen molar-refractivity contribution in [3.63, 3.8) is 0 Å². The van der Waals surface area contributed by atoms with Gasteiger partial charge in [-0.25, -0.2) is 8.78 Å². The highest BCUT2D eigenvalue weighted by Crippen LogP contribution is 2.26. The molecule has 2 aliphatic heterocycles. The molecule has 3 N–H and O–H groups in total. The second kappa shape index (κ2) is 12.0. The highest BCUT2D eigenvalue weighted by Gasteiger charge is 2.36. The van der Waals surface area contributed by atoms with Gasteiger partial charge in [-0.3, -0.25) is 14.4 Å². The summed E-state index contributed by atoms with van der Waals surface area (Å²) in [5, 5.41) is 2.94. The first kappa shape index (κ1) is 27.5.